The van der Waals surface area contributed by atoms with E-state index in [9.17, 15) is 13.5 Å². The minimum Gasteiger partial charge on any atom is -0.389 e. The van der Waals surface area contributed by atoms with E-state index in [1.165, 1.54) is 6.20 Å². The van der Waals surface area contributed by atoms with Crippen LogP contribution < -0.4 is 5.32 Å². The number of aliphatic hydroxyl groups is 1. The molecule has 0 amide bonds. The SMILES string of the molecule is [C-]#[N+]c1cnc(NC2CCN(S(=O)(=O)CCCN(CC)CC)CC2)nc1-c1cnn(CC(C)(C)O)c1. The van der Waals surface area contributed by atoms with Crippen LogP contribution in [0.2, 0.25) is 0 Å². The topological polar surface area (TPSA) is 121 Å². The van der Waals surface area contributed by atoms with Crippen molar-refractivity contribution >= 4 is 21.7 Å². The lowest BCUT2D eigenvalue weighted by atomic mass is 10.1. The van der Waals surface area contributed by atoms with Gasteiger partial charge < -0.3 is 15.3 Å². The maximum Gasteiger partial charge on any atom is 0.231 e. The molecule has 12 heteroatoms. The zero-order valence-corrected chi connectivity index (χ0v) is 22.5. The first kappa shape index (κ1) is 28.0. The number of sulfonamides is 1. The minimum atomic E-state index is -3.27. The van der Waals surface area contributed by atoms with Gasteiger partial charge >= 0.3 is 0 Å². The second-order valence-electron chi connectivity index (χ2n) is 9.79. The number of piperidine rings is 1. The highest BCUT2D eigenvalue weighted by Crippen LogP contribution is 2.29. The Labute approximate surface area is 214 Å². The van der Waals surface area contributed by atoms with E-state index in [1.807, 2.05) is 0 Å². The zero-order chi connectivity index (χ0) is 26.3. The van der Waals surface area contributed by atoms with E-state index >= 15 is 0 Å². The molecule has 0 aromatic carbocycles. The summed E-state index contributed by atoms with van der Waals surface area (Å²) < 4.78 is 28.8. The molecule has 0 atom stereocenters. The van der Waals surface area contributed by atoms with Gasteiger partial charge in [0.15, 0.2) is 0 Å². The largest absolute Gasteiger partial charge is 0.389 e. The van der Waals surface area contributed by atoms with Gasteiger partial charge in [-0.25, -0.2) is 27.5 Å². The third kappa shape index (κ3) is 7.70. The zero-order valence-electron chi connectivity index (χ0n) is 21.7. The van der Waals surface area contributed by atoms with Crippen LogP contribution in [-0.2, 0) is 16.6 Å². The number of nitrogens with one attached hydrogen (secondary N) is 1. The molecule has 0 unspecified atom stereocenters. The highest BCUT2D eigenvalue weighted by molar-refractivity contribution is 7.89. The first-order chi connectivity index (χ1) is 17.0. The summed E-state index contributed by atoms with van der Waals surface area (Å²) in [6.07, 6.45) is 6.81. The van der Waals surface area contributed by atoms with E-state index in [0.717, 1.165) is 19.6 Å². The molecule has 2 aromatic rings. The van der Waals surface area contributed by atoms with Crippen LogP contribution in [0.25, 0.3) is 16.1 Å². The van der Waals surface area contributed by atoms with Crippen LogP contribution in [0.3, 0.4) is 0 Å². The van der Waals surface area contributed by atoms with Crippen molar-refractivity contribution in [2.24, 2.45) is 0 Å². The molecule has 0 saturated carbocycles. The number of hydrogen-bond donors (Lipinski definition) is 2. The number of rotatable bonds is 12. The summed E-state index contributed by atoms with van der Waals surface area (Å²) in [7, 11) is -3.27. The third-order valence-corrected chi connectivity index (χ3v) is 8.25. The van der Waals surface area contributed by atoms with E-state index in [0.29, 0.717) is 61.8 Å². The predicted molar refractivity (Wildman–Crippen MR) is 140 cm³/mol. The fourth-order valence-electron chi connectivity index (χ4n) is 4.31. The van der Waals surface area contributed by atoms with Gasteiger partial charge in [0.05, 0.1) is 36.4 Å². The molecule has 1 fully saturated rings. The van der Waals surface area contributed by atoms with Crippen LogP contribution in [0, 0.1) is 6.57 Å². The van der Waals surface area contributed by atoms with Gasteiger partial charge in [0, 0.05) is 37.1 Å². The Balaban J connectivity index is 1.60. The molecule has 1 saturated heterocycles. The molecule has 1 aliphatic rings. The number of anilines is 1. The van der Waals surface area contributed by atoms with E-state index in [2.05, 4.69) is 44.0 Å². The normalized spacial score (nSPS) is 15.8. The molecule has 1 aliphatic heterocycles. The second-order valence-corrected chi connectivity index (χ2v) is 11.9. The molecule has 0 spiro atoms. The molecule has 0 aliphatic carbocycles. The number of nitrogens with zero attached hydrogens (tertiary/aromatic N) is 7. The van der Waals surface area contributed by atoms with E-state index in [4.69, 9.17) is 6.57 Å². The summed E-state index contributed by atoms with van der Waals surface area (Å²) in [5.41, 5.74) is 0.533. The molecule has 2 aromatic heterocycles. The van der Waals surface area contributed by atoms with Gasteiger partial charge in [-0.3, -0.25) is 4.68 Å². The van der Waals surface area contributed by atoms with Crippen LogP contribution in [0.15, 0.2) is 18.6 Å². The van der Waals surface area contributed by atoms with Gasteiger partial charge in [-0.15, -0.1) is 0 Å². The summed E-state index contributed by atoms with van der Waals surface area (Å²) in [6.45, 7) is 18.9. The summed E-state index contributed by atoms with van der Waals surface area (Å²) in [5.74, 6) is 0.570. The first-order valence-corrected chi connectivity index (χ1v) is 14.1. The lowest BCUT2D eigenvalue weighted by Crippen LogP contribution is -2.43. The van der Waals surface area contributed by atoms with Crippen molar-refractivity contribution in [1.29, 1.82) is 0 Å². The van der Waals surface area contributed by atoms with E-state index < -0.39 is 15.6 Å². The summed E-state index contributed by atoms with van der Waals surface area (Å²) >= 11 is 0. The van der Waals surface area contributed by atoms with Crippen LogP contribution in [-0.4, -0.2) is 92.6 Å². The fourth-order valence-corrected chi connectivity index (χ4v) is 5.83. The summed E-state index contributed by atoms with van der Waals surface area (Å²) in [5, 5.41) is 17.6. The van der Waals surface area contributed by atoms with Crippen LogP contribution in [0.1, 0.15) is 47.0 Å². The monoisotopic (exact) mass is 518 g/mol. The van der Waals surface area contributed by atoms with Crippen LogP contribution in [0.5, 0.6) is 0 Å². The average Bonchev–Trinajstić information content (AvgIpc) is 3.29. The quantitative estimate of drug-likeness (QED) is 0.412. The Morgan fingerprint density at radius 1 is 1.25 bits per heavy atom. The highest BCUT2D eigenvalue weighted by atomic mass is 32.2. The van der Waals surface area contributed by atoms with Gasteiger partial charge in [0.2, 0.25) is 21.7 Å². The Kier molecular flexibility index (Phi) is 9.41. The van der Waals surface area contributed by atoms with Gasteiger partial charge in [-0.05, 0) is 52.7 Å². The van der Waals surface area contributed by atoms with Crippen molar-refractivity contribution in [3.63, 3.8) is 0 Å². The van der Waals surface area contributed by atoms with Gasteiger partial charge in [0.25, 0.3) is 0 Å². The fraction of sp³-hybridized carbons (Fsp3) is 0.667. The van der Waals surface area contributed by atoms with Crippen molar-refractivity contribution in [3.8, 4) is 11.3 Å². The van der Waals surface area contributed by atoms with Crippen molar-refractivity contribution in [2.75, 3.05) is 43.8 Å². The molecule has 11 nitrogen and oxygen atoms in total. The lowest BCUT2D eigenvalue weighted by Gasteiger charge is -2.32. The van der Waals surface area contributed by atoms with E-state index in [1.54, 1.807) is 35.2 Å². The molecule has 0 radical (unpaired) electrons. The predicted octanol–water partition coefficient (Wildman–Crippen LogP) is 2.60. The third-order valence-electron chi connectivity index (χ3n) is 6.30. The van der Waals surface area contributed by atoms with Crippen LogP contribution >= 0.6 is 0 Å². The minimum absolute atomic E-state index is 0.0386. The highest BCUT2D eigenvalue weighted by Gasteiger charge is 2.28. The molecule has 36 heavy (non-hydrogen) atoms. The number of aromatic nitrogens is 4. The Morgan fingerprint density at radius 2 is 1.94 bits per heavy atom. The molecule has 2 N–H and O–H groups in total. The Hall–Kier alpha value is -2.59. The van der Waals surface area contributed by atoms with Crippen molar-refractivity contribution in [2.45, 2.75) is 65.1 Å². The van der Waals surface area contributed by atoms with Crippen molar-refractivity contribution < 1.29 is 13.5 Å². The van der Waals surface area contributed by atoms with Crippen molar-refractivity contribution in [1.82, 2.24) is 29.0 Å². The maximum absolute atomic E-state index is 12.8. The van der Waals surface area contributed by atoms with E-state index in [-0.39, 0.29) is 11.8 Å². The first-order valence-electron chi connectivity index (χ1n) is 12.5. The molecule has 0 bridgehead atoms. The molecule has 3 rings (SSSR count). The van der Waals surface area contributed by atoms with Gasteiger partial charge in [-0.1, -0.05) is 13.8 Å². The lowest BCUT2D eigenvalue weighted by molar-refractivity contribution is 0.0577. The second kappa shape index (κ2) is 12.1. The standard InChI is InChI=1S/C24H38N8O3S/c1-6-30(7-2)11-8-14-36(34,35)32-12-9-20(10-13-32)28-23-26-16-21(25-5)22(29-23)19-15-27-31(17-19)18-24(3,4)33/h15-17,20,33H,6-14,18H2,1-4H3,(H,26,28,29). The van der Waals surface area contributed by atoms with Gasteiger partial charge in [-0.2, -0.15) is 5.10 Å². The average molecular weight is 519 g/mol. The van der Waals surface area contributed by atoms with Crippen LogP contribution in [0.4, 0.5) is 11.6 Å². The Bertz CT molecular complexity index is 1140. The summed E-state index contributed by atoms with van der Waals surface area (Å²) in [6, 6.07) is 0.0386. The van der Waals surface area contributed by atoms with Gasteiger partial charge in [0.1, 0.15) is 0 Å². The maximum atomic E-state index is 12.8. The summed E-state index contributed by atoms with van der Waals surface area (Å²) in [4.78, 5) is 14.6. The number of hydrogen-bond acceptors (Lipinski definition) is 8. The Morgan fingerprint density at radius 3 is 2.56 bits per heavy atom. The molecule has 198 valence electrons. The smallest absolute Gasteiger partial charge is 0.231 e. The molecular formula is C24H38N8O3S. The molecular weight excluding hydrogens is 480 g/mol. The van der Waals surface area contributed by atoms with Crippen molar-refractivity contribution in [3.05, 3.63) is 30.0 Å². The molecule has 3 heterocycles.